The summed E-state index contributed by atoms with van der Waals surface area (Å²) in [4.78, 5) is 12.8. The van der Waals surface area contributed by atoms with Gasteiger partial charge in [-0.1, -0.05) is 24.3 Å². The molecule has 3 unspecified atom stereocenters. The molecular weight excluding hydrogens is 465 g/mol. The van der Waals surface area contributed by atoms with Gasteiger partial charge in [-0.2, -0.15) is 0 Å². The highest BCUT2D eigenvalue weighted by molar-refractivity contribution is 5.86. The fraction of sp³-hybridized carbons (Fsp3) is 0.522. The minimum atomic E-state index is -0.251. The lowest BCUT2D eigenvalue weighted by molar-refractivity contribution is -0.931. The van der Waals surface area contributed by atoms with Crippen molar-refractivity contribution in [1.29, 1.82) is 0 Å². The molecule has 0 aromatic heterocycles. The molecule has 2 bridgehead atoms. The van der Waals surface area contributed by atoms with E-state index in [9.17, 15) is 4.79 Å². The van der Waals surface area contributed by atoms with Gasteiger partial charge >= 0.3 is 5.97 Å². The Balaban J connectivity index is 0.00000225. The van der Waals surface area contributed by atoms with Crippen molar-refractivity contribution in [3.63, 3.8) is 0 Å². The molecule has 2 aromatic rings. The molecule has 0 amide bonds. The molecule has 2 heterocycles. The van der Waals surface area contributed by atoms with E-state index in [0.717, 1.165) is 39.4 Å². The summed E-state index contributed by atoms with van der Waals surface area (Å²) in [6, 6.07) is 13.4. The second-order valence-corrected chi connectivity index (χ2v) is 8.74. The van der Waals surface area contributed by atoms with Crippen LogP contribution in [0.2, 0.25) is 0 Å². The number of benzene rings is 2. The third-order valence-electron chi connectivity index (χ3n) is 6.99. The van der Waals surface area contributed by atoms with Gasteiger partial charge in [0.25, 0.3) is 0 Å². The van der Waals surface area contributed by atoms with Crippen LogP contribution in [0.15, 0.2) is 36.4 Å². The summed E-state index contributed by atoms with van der Waals surface area (Å²) in [5.41, 5.74) is 1.01. The molecule has 3 atom stereocenters. The van der Waals surface area contributed by atoms with Crippen molar-refractivity contribution in [2.45, 2.75) is 56.7 Å². The first kappa shape index (κ1) is 21.4. The van der Waals surface area contributed by atoms with Crippen LogP contribution >= 0.6 is 0 Å². The maximum absolute atomic E-state index is 12.8. The van der Waals surface area contributed by atoms with Crippen LogP contribution in [0, 0.1) is 0 Å². The molecule has 2 aliphatic heterocycles. The molecule has 0 spiro atoms. The van der Waals surface area contributed by atoms with Gasteiger partial charge in [0.05, 0.1) is 39.2 Å². The van der Waals surface area contributed by atoms with E-state index in [1.54, 1.807) is 7.11 Å². The second kappa shape index (κ2) is 8.19. The normalized spacial score (nSPS) is 26.4. The van der Waals surface area contributed by atoms with Gasteiger partial charge in [0.2, 0.25) is 0 Å². The summed E-state index contributed by atoms with van der Waals surface area (Å²) < 4.78 is 12.3. The molecule has 2 fully saturated rings. The average molecular weight is 495 g/mol. The summed E-state index contributed by atoms with van der Waals surface area (Å²) in [6.45, 7) is 1.95. The van der Waals surface area contributed by atoms with Crippen LogP contribution in [0.1, 0.15) is 44.1 Å². The van der Waals surface area contributed by atoms with Crippen LogP contribution < -0.4 is 28.7 Å². The van der Waals surface area contributed by atoms with Gasteiger partial charge in [0.15, 0.2) is 0 Å². The number of halogens is 1. The first-order valence-electron chi connectivity index (χ1n) is 10.00. The van der Waals surface area contributed by atoms with Gasteiger partial charge < -0.3 is 37.9 Å². The van der Waals surface area contributed by atoms with Crippen LogP contribution in [0.25, 0.3) is 10.8 Å². The lowest BCUT2D eigenvalue weighted by Crippen LogP contribution is -3.00. The van der Waals surface area contributed by atoms with Crippen LogP contribution in [-0.2, 0) is 9.53 Å². The zero-order valence-corrected chi connectivity index (χ0v) is 19.3. The van der Waals surface area contributed by atoms with E-state index in [4.69, 9.17) is 9.47 Å². The van der Waals surface area contributed by atoms with E-state index in [1.807, 2.05) is 31.2 Å². The van der Waals surface area contributed by atoms with Gasteiger partial charge in [-0.25, -0.2) is 0 Å². The molecule has 0 saturated carbocycles. The highest BCUT2D eigenvalue weighted by Gasteiger charge is 2.50. The lowest BCUT2D eigenvalue weighted by Gasteiger charge is -2.44. The highest BCUT2D eigenvalue weighted by Crippen LogP contribution is 2.41. The topological polar surface area (TPSA) is 35.5 Å². The second-order valence-electron chi connectivity index (χ2n) is 8.74. The summed E-state index contributed by atoms with van der Waals surface area (Å²) in [7, 11) is 6.32. The van der Waals surface area contributed by atoms with Gasteiger partial charge in [-0.3, -0.25) is 4.79 Å². The molecule has 5 heteroatoms. The van der Waals surface area contributed by atoms with Crippen LogP contribution in [0.3, 0.4) is 0 Å². The Morgan fingerprint density at radius 3 is 2.29 bits per heavy atom. The molecule has 4 rings (SSSR count). The molecule has 2 aromatic carbocycles. The highest BCUT2D eigenvalue weighted by atomic mass is 127. The van der Waals surface area contributed by atoms with Crippen molar-refractivity contribution in [3.8, 4) is 5.75 Å². The molecular formula is C23H30INO3. The predicted octanol–water partition coefficient (Wildman–Crippen LogP) is 1.27. The quantitative estimate of drug-likeness (QED) is 0.364. The Labute approximate surface area is 184 Å². The van der Waals surface area contributed by atoms with Crippen molar-refractivity contribution in [2.24, 2.45) is 0 Å². The Morgan fingerprint density at radius 2 is 1.64 bits per heavy atom. The zero-order valence-electron chi connectivity index (χ0n) is 17.2. The number of rotatable bonds is 4. The van der Waals surface area contributed by atoms with Crippen molar-refractivity contribution in [1.82, 2.24) is 0 Å². The fourth-order valence-corrected chi connectivity index (χ4v) is 4.97. The van der Waals surface area contributed by atoms with E-state index in [1.165, 1.54) is 12.8 Å². The monoisotopic (exact) mass is 495 g/mol. The van der Waals surface area contributed by atoms with E-state index in [-0.39, 0.29) is 42.0 Å². The number of fused-ring (bicyclic) bond motifs is 3. The summed E-state index contributed by atoms with van der Waals surface area (Å²) in [5.74, 6) is 0.494. The predicted molar refractivity (Wildman–Crippen MR) is 107 cm³/mol. The fourth-order valence-electron chi connectivity index (χ4n) is 4.97. The summed E-state index contributed by atoms with van der Waals surface area (Å²) in [6.07, 6.45) is 4.59. The maximum atomic E-state index is 12.8. The Kier molecular flexibility index (Phi) is 6.25. The minimum Gasteiger partial charge on any atom is -1.00 e. The van der Waals surface area contributed by atoms with Crippen molar-refractivity contribution >= 4 is 16.7 Å². The number of ether oxygens (including phenoxy) is 2. The number of nitrogens with zero attached hydrogens (tertiary/aromatic N) is 1. The number of carbonyl (C=O) groups is 1. The average Bonchev–Trinajstić information content (AvgIpc) is 2.84. The number of piperidine rings is 1. The van der Waals surface area contributed by atoms with Crippen molar-refractivity contribution in [2.75, 3.05) is 21.2 Å². The SMILES string of the molecule is COc1ccc2cc(C(C)C(=O)OC3CC4CCC(C3)[N+]4(C)C)ccc2c1.[I-]. The Hall–Kier alpha value is -1.34. The molecule has 0 radical (unpaired) electrons. The number of hydrogen-bond donors (Lipinski definition) is 0. The van der Waals surface area contributed by atoms with Crippen LogP contribution in [0.5, 0.6) is 5.75 Å². The first-order valence-corrected chi connectivity index (χ1v) is 10.00. The number of quaternary nitrogens is 1. The number of hydrogen-bond acceptors (Lipinski definition) is 3. The molecule has 0 N–H and O–H groups in total. The summed E-state index contributed by atoms with van der Waals surface area (Å²) >= 11 is 0. The smallest absolute Gasteiger partial charge is 0.313 e. The third-order valence-corrected chi connectivity index (χ3v) is 6.99. The number of esters is 1. The minimum absolute atomic E-state index is 0. The molecule has 28 heavy (non-hydrogen) atoms. The standard InChI is InChI=1S/C23H30NO3.HI/c1-15(16-5-6-18-12-21(26-4)10-7-17(18)11-16)23(25)27-22-13-19-8-9-20(14-22)24(19,2)3;/h5-7,10-12,15,19-20,22H,8-9,13-14H2,1-4H3;1H/q+1;/p-1. The largest absolute Gasteiger partial charge is 1.00 e. The zero-order chi connectivity index (χ0) is 19.2. The van der Waals surface area contributed by atoms with E-state index in [0.29, 0.717) is 12.1 Å². The third kappa shape index (κ3) is 3.88. The van der Waals surface area contributed by atoms with Crippen LogP contribution in [-0.4, -0.2) is 49.8 Å². The first-order chi connectivity index (χ1) is 12.9. The summed E-state index contributed by atoms with van der Waals surface area (Å²) in [5, 5.41) is 2.23. The molecule has 2 aliphatic rings. The Bertz CT molecular complexity index is 850. The van der Waals surface area contributed by atoms with E-state index in [2.05, 4.69) is 26.2 Å². The van der Waals surface area contributed by atoms with Gasteiger partial charge in [0.1, 0.15) is 11.9 Å². The van der Waals surface area contributed by atoms with E-state index < -0.39 is 0 Å². The Morgan fingerprint density at radius 1 is 1.04 bits per heavy atom. The van der Waals surface area contributed by atoms with E-state index >= 15 is 0 Å². The van der Waals surface area contributed by atoms with Crippen molar-refractivity contribution in [3.05, 3.63) is 42.0 Å². The molecule has 4 nitrogen and oxygen atoms in total. The molecule has 2 saturated heterocycles. The van der Waals surface area contributed by atoms with Gasteiger partial charge in [0, 0.05) is 25.7 Å². The van der Waals surface area contributed by atoms with Crippen LogP contribution in [0.4, 0.5) is 0 Å². The molecule has 0 aliphatic carbocycles. The maximum Gasteiger partial charge on any atom is 0.313 e. The van der Waals surface area contributed by atoms with Crippen molar-refractivity contribution < 1.29 is 42.7 Å². The van der Waals surface area contributed by atoms with Gasteiger partial charge in [-0.05, 0) is 35.4 Å². The van der Waals surface area contributed by atoms with Gasteiger partial charge in [-0.15, -0.1) is 0 Å². The molecule has 152 valence electrons. The number of carbonyl (C=O) groups excluding carboxylic acids is 1. The number of methoxy groups -OCH3 is 1. The lowest BCUT2D eigenvalue weighted by atomic mass is 9.96.